The van der Waals surface area contributed by atoms with E-state index < -0.39 is 5.82 Å². The van der Waals surface area contributed by atoms with E-state index in [9.17, 15) is 9.18 Å². The third-order valence-electron chi connectivity index (χ3n) is 1.83. The first-order valence-corrected chi connectivity index (χ1v) is 4.06. The van der Waals surface area contributed by atoms with Crippen molar-refractivity contribution in [3.63, 3.8) is 0 Å². The van der Waals surface area contributed by atoms with Crippen LogP contribution in [0.4, 0.5) is 4.39 Å². The molecule has 70 valence electrons. The van der Waals surface area contributed by atoms with Gasteiger partial charge in [-0.3, -0.25) is 9.78 Å². The summed E-state index contributed by atoms with van der Waals surface area (Å²) in [6.07, 6.45) is 2.59. The Labute approximate surface area is 79.3 Å². The van der Waals surface area contributed by atoms with Crippen LogP contribution < -0.4 is 5.56 Å². The predicted molar refractivity (Wildman–Crippen MR) is 50.3 cm³/mol. The summed E-state index contributed by atoms with van der Waals surface area (Å²) in [5, 5.41) is 0. The van der Waals surface area contributed by atoms with Crippen LogP contribution >= 0.6 is 0 Å². The first kappa shape index (κ1) is 8.62. The summed E-state index contributed by atoms with van der Waals surface area (Å²) in [5.41, 5.74) is 0.550. The third-order valence-corrected chi connectivity index (χ3v) is 1.83. The SMILES string of the molecule is O=c1cccc(-c2ccncc2F)[nH]1. The summed E-state index contributed by atoms with van der Waals surface area (Å²) >= 11 is 0. The fourth-order valence-electron chi connectivity index (χ4n) is 1.20. The molecule has 1 N–H and O–H groups in total. The molecule has 0 saturated carbocycles. The highest BCUT2D eigenvalue weighted by molar-refractivity contribution is 5.58. The molecular weight excluding hydrogens is 183 g/mol. The number of aromatic nitrogens is 2. The highest BCUT2D eigenvalue weighted by Crippen LogP contribution is 2.17. The maximum Gasteiger partial charge on any atom is 0.248 e. The number of hydrogen-bond acceptors (Lipinski definition) is 2. The van der Waals surface area contributed by atoms with Crippen LogP contribution in [0.1, 0.15) is 0 Å². The number of hydrogen-bond donors (Lipinski definition) is 1. The fraction of sp³-hybridized carbons (Fsp3) is 0. The zero-order chi connectivity index (χ0) is 9.97. The number of rotatable bonds is 1. The molecule has 0 radical (unpaired) electrons. The first-order chi connectivity index (χ1) is 6.77. The quantitative estimate of drug-likeness (QED) is 0.741. The normalized spacial score (nSPS) is 10.1. The molecule has 0 fully saturated rings. The average molecular weight is 190 g/mol. The van der Waals surface area contributed by atoms with Crippen LogP contribution in [0, 0.1) is 5.82 Å². The summed E-state index contributed by atoms with van der Waals surface area (Å²) in [6.45, 7) is 0. The van der Waals surface area contributed by atoms with Crippen molar-refractivity contribution >= 4 is 0 Å². The molecule has 0 unspecified atom stereocenters. The van der Waals surface area contributed by atoms with Gasteiger partial charge in [-0.15, -0.1) is 0 Å². The second-order valence-electron chi connectivity index (χ2n) is 2.78. The zero-order valence-corrected chi connectivity index (χ0v) is 7.20. The van der Waals surface area contributed by atoms with E-state index in [0.29, 0.717) is 11.3 Å². The monoisotopic (exact) mass is 190 g/mol. The molecule has 0 spiro atoms. The minimum atomic E-state index is -0.450. The van der Waals surface area contributed by atoms with Crippen molar-refractivity contribution in [3.05, 3.63) is 52.8 Å². The summed E-state index contributed by atoms with van der Waals surface area (Å²) in [7, 11) is 0. The van der Waals surface area contributed by atoms with Gasteiger partial charge in [-0.05, 0) is 12.1 Å². The summed E-state index contributed by atoms with van der Waals surface area (Å²) < 4.78 is 13.2. The van der Waals surface area contributed by atoms with Gasteiger partial charge in [0.2, 0.25) is 5.56 Å². The van der Waals surface area contributed by atoms with Crippen LogP contribution in [0.5, 0.6) is 0 Å². The van der Waals surface area contributed by atoms with Gasteiger partial charge in [0.15, 0.2) is 5.82 Å². The van der Waals surface area contributed by atoms with Gasteiger partial charge >= 0.3 is 0 Å². The molecule has 0 aliphatic heterocycles. The molecule has 0 aliphatic rings. The number of halogens is 1. The van der Waals surface area contributed by atoms with Gasteiger partial charge < -0.3 is 4.98 Å². The Morgan fingerprint density at radius 1 is 1.29 bits per heavy atom. The maximum atomic E-state index is 13.2. The van der Waals surface area contributed by atoms with Crippen LogP contribution in [0.25, 0.3) is 11.3 Å². The zero-order valence-electron chi connectivity index (χ0n) is 7.20. The molecule has 0 amide bonds. The lowest BCUT2D eigenvalue weighted by Gasteiger charge is -2.00. The van der Waals surface area contributed by atoms with Crippen molar-refractivity contribution in [2.75, 3.05) is 0 Å². The van der Waals surface area contributed by atoms with Gasteiger partial charge in [-0.25, -0.2) is 4.39 Å². The molecule has 0 atom stereocenters. The van der Waals surface area contributed by atoms with Crippen LogP contribution in [-0.2, 0) is 0 Å². The van der Waals surface area contributed by atoms with Crippen LogP contribution in [-0.4, -0.2) is 9.97 Å². The Morgan fingerprint density at radius 2 is 2.14 bits per heavy atom. The molecule has 2 heterocycles. The lowest BCUT2D eigenvalue weighted by Crippen LogP contribution is -2.04. The lowest BCUT2D eigenvalue weighted by atomic mass is 10.2. The molecule has 3 nitrogen and oxygen atoms in total. The Hall–Kier alpha value is -1.97. The van der Waals surface area contributed by atoms with E-state index in [2.05, 4.69) is 9.97 Å². The topological polar surface area (TPSA) is 45.8 Å². The average Bonchev–Trinajstić information content (AvgIpc) is 2.18. The van der Waals surface area contributed by atoms with E-state index in [0.717, 1.165) is 6.20 Å². The van der Waals surface area contributed by atoms with Crippen molar-refractivity contribution in [2.45, 2.75) is 0 Å². The van der Waals surface area contributed by atoms with E-state index in [1.165, 1.54) is 18.3 Å². The second kappa shape index (κ2) is 3.41. The minimum absolute atomic E-state index is 0.251. The van der Waals surface area contributed by atoms with Crippen molar-refractivity contribution in [1.29, 1.82) is 0 Å². The van der Waals surface area contributed by atoms with E-state index in [4.69, 9.17) is 0 Å². The second-order valence-corrected chi connectivity index (χ2v) is 2.78. The number of aromatic amines is 1. The standard InChI is InChI=1S/C10H7FN2O/c11-8-6-12-5-4-7(8)9-2-1-3-10(14)13-9/h1-6H,(H,13,14). The number of H-pyrrole nitrogens is 1. The van der Waals surface area contributed by atoms with Gasteiger partial charge in [0, 0.05) is 17.8 Å². The molecule has 0 bridgehead atoms. The van der Waals surface area contributed by atoms with Crippen molar-refractivity contribution in [3.8, 4) is 11.3 Å². The minimum Gasteiger partial charge on any atom is -0.322 e. The van der Waals surface area contributed by atoms with Crippen molar-refractivity contribution in [1.82, 2.24) is 9.97 Å². The lowest BCUT2D eigenvalue weighted by molar-refractivity contribution is 0.624. The van der Waals surface area contributed by atoms with Crippen LogP contribution in [0.15, 0.2) is 41.5 Å². The van der Waals surface area contributed by atoms with Gasteiger partial charge in [-0.1, -0.05) is 6.07 Å². The molecule has 4 heteroatoms. The van der Waals surface area contributed by atoms with E-state index >= 15 is 0 Å². The third kappa shape index (κ3) is 1.54. The van der Waals surface area contributed by atoms with Crippen molar-refractivity contribution < 1.29 is 4.39 Å². The molecule has 2 rings (SSSR count). The molecule has 2 aromatic heterocycles. The van der Waals surface area contributed by atoms with Gasteiger partial charge in [0.1, 0.15) is 0 Å². The predicted octanol–water partition coefficient (Wildman–Crippen LogP) is 1.58. The van der Waals surface area contributed by atoms with Gasteiger partial charge in [0.05, 0.1) is 11.9 Å². The Bertz CT molecular complexity index is 507. The highest BCUT2D eigenvalue weighted by atomic mass is 19.1. The summed E-state index contributed by atoms with van der Waals surface area (Å²) in [4.78, 5) is 17.1. The molecule has 0 aliphatic carbocycles. The highest BCUT2D eigenvalue weighted by Gasteiger charge is 2.03. The van der Waals surface area contributed by atoms with E-state index in [-0.39, 0.29) is 5.56 Å². The molecule has 0 saturated heterocycles. The number of pyridine rings is 2. The largest absolute Gasteiger partial charge is 0.322 e. The number of nitrogens with zero attached hydrogens (tertiary/aromatic N) is 1. The molecule has 0 aromatic carbocycles. The Balaban J connectivity index is 2.61. The van der Waals surface area contributed by atoms with Gasteiger partial charge in [0.25, 0.3) is 0 Å². The van der Waals surface area contributed by atoms with Crippen LogP contribution in [0.3, 0.4) is 0 Å². The first-order valence-electron chi connectivity index (χ1n) is 4.06. The maximum absolute atomic E-state index is 13.2. The molecule has 2 aromatic rings. The fourth-order valence-corrected chi connectivity index (χ4v) is 1.20. The molecule has 14 heavy (non-hydrogen) atoms. The van der Waals surface area contributed by atoms with Gasteiger partial charge in [-0.2, -0.15) is 0 Å². The summed E-state index contributed by atoms with van der Waals surface area (Å²) in [5.74, 6) is -0.450. The van der Waals surface area contributed by atoms with Crippen molar-refractivity contribution in [2.24, 2.45) is 0 Å². The van der Waals surface area contributed by atoms with Crippen LogP contribution in [0.2, 0.25) is 0 Å². The van der Waals surface area contributed by atoms with E-state index in [1.807, 2.05) is 0 Å². The summed E-state index contributed by atoms with van der Waals surface area (Å²) in [6, 6.07) is 6.11. The Morgan fingerprint density at radius 3 is 2.86 bits per heavy atom. The Kier molecular flexibility index (Phi) is 2.10. The number of nitrogens with one attached hydrogen (secondary N) is 1. The smallest absolute Gasteiger partial charge is 0.248 e. The van der Waals surface area contributed by atoms with E-state index in [1.54, 1.807) is 12.1 Å². The molecular formula is C10H7FN2O.